The first-order valence-electron chi connectivity index (χ1n) is 10.9. The summed E-state index contributed by atoms with van der Waals surface area (Å²) in [4.78, 5) is 12.8. The van der Waals surface area contributed by atoms with Gasteiger partial charge in [0, 0.05) is 28.1 Å². The second-order valence-electron chi connectivity index (χ2n) is 8.30. The van der Waals surface area contributed by atoms with Crippen LogP contribution >= 0.6 is 23.2 Å². The van der Waals surface area contributed by atoms with Crippen molar-refractivity contribution < 1.29 is 17.6 Å². The predicted octanol–water partition coefficient (Wildman–Crippen LogP) is 7.11. The number of hydrogen-bond acceptors (Lipinski definition) is 4. The standard InChI is InChI=1S/C27H20Cl2N2O4S/c1-36(33,34)31(23-7-4-6-22(28)26(23)29)16-17-9-11-18(12-10-17)27(32)30-19-13-14-21-20-5-2-3-8-24(20)35-25(21)15-19/h2-15H,16H2,1H3,(H,30,32). The van der Waals surface area contributed by atoms with Crippen LogP contribution in [-0.4, -0.2) is 20.6 Å². The zero-order valence-electron chi connectivity index (χ0n) is 19.0. The van der Waals surface area contributed by atoms with E-state index in [2.05, 4.69) is 5.32 Å². The fourth-order valence-electron chi connectivity index (χ4n) is 4.00. The molecule has 5 aromatic rings. The van der Waals surface area contributed by atoms with Crippen LogP contribution in [-0.2, 0) is 16.6 Å². The van der Waals surface area contributed by atoms with Crippen LogP contribution in [0.15, 0.2) is 89.3 Å². The van der Waals surface area contributed by atoms with Crippen molar-refractivity contribution in [2.24, 2.45) is 0 Å². The number of carbonyl (C=O) groups is 1. The molecule has 1 aromatic heterocycles. The molecule has 1 heterocycles. The number of sulfonamides is 1. The number of carbonyl (C=O) groups excluding carboxylic acids is 1. The number of benzene rings is 4. The van der Waals surface area contributed by atoms with Crippen molar-refractivity contribution in [3.63, 3.8) is 0 Å². The van der Waals surface area contributed by atoms with Crippen LogP contribution in [0, 0.1) is 0 Å². The van der Waals surface area contributed by atoms with E-state index in [1.54, 1.807) is 48.5 Å². The molecule has 5 rings (SSSR count). The van der Waals surface area contributed by atoms with Gasteiger partial charge in [0.15, 0.2) is 0 Å². The molecule has 0 unspecified atom stereocenters. The Morgan fingerprint density at radius 1 is 0.889 bits per heavy atom. The van der Waals surface area contributed by atoms with Gasteiger partial charge in [-0.2, -0.15) is 0 Å². The van der Waals surface area contributed by atoms with Gasteiger partial charge < -0.3 is 9.73 Å². The van der Waals surface area contributed by atoms with Crippen molar-refractivity contribution in [2.45, 2.75) is 6.54 Å². The summed E-state index contributed by atoms with van der Waals surface area (Å²) in [5.74, 6) is -0.296. The predicted molar refractivity (Wildman–Crippen MR) is 146 cm³/mol. The quantitative estimate of drug-likeness (QED) is 0.249. The molecule has 182 valence electrons. The Morgan fingerprint density at radius 2 is 1.61 bits per heavy atom. The molecule has 1 N–H and O–H groups in total. The van der Waals surface area contributed by atoms with Crippen molar-refractivity contribution in [1.29, 1.82) is 0 Å². The minimum absolute atomic E-state index is 0.0313. The number of nitrogens with one attached hydrogen (secondary N) is 1. The zero-order valence-corrected chi connectivity index (χ0v) is 21.4. The van der Waals surface area contributed by atoms with E-state index in [9.17, 15) is 13.2 Å². The van der Waals surface area contributed by atoms with Gasteiger partial charge in [0.1, 0.15) is 11.2 Å². The maximum Gasteiger partial charge on any atom is 0.255 e. The first kappa shape index (κ1) is 24.2. The summed E-state index contributed by atoms with van der Waals surface area (Å²) >= 11 is 12.3. The number of anilines is 2. The molecular formula is C27H20Cl2N2O4S. The van der Waals surface area contributed by atoms with Gasteiger partial charge in [-0.1, -0.05) is 59.6 Å². The Bertz CT molecular complexity index is 1710. The maximum absolute atomic E-state index is 12.8. The van der Waals surface area contributed by atoms with Gasteiger partial charge in [-0.25, -0.2) is 8.42 Å². The highest BCUT2D eigenvalue weighted by Gasteiger charge is 2.22. The Balaban J connectivity index is 1.34. The molecule has 0 aliphatic heterocycles. The minimum Gasteiger partial charge on any atom is -0.456 e. The fraction of sp³-hybridized carbons (Fsp3) is 0.0741. The molecule has 6 nitrogen and oxygen atoms in total. The van der Waals surface area contributed by atoms with E-state index in [0.717, 1.165) is 22.6 Å². The van der Waals surface area contributed by atoms with E-state index in [1.165, 1.54) is 4.31 Å². The molecule has 0 spiro atoms. The van der Waals surface area contributed by atoms with Gasteiger partial charge in [0.05, 0.1) is 28.5 Å². The molecule has 36 heavy (non-hydrogen) atoms. The van der Waals surface area contributed by atoms with Gasteiger partial charge in [0.25, 0.3) is 5.91 Å². The lowest BCUT2D eigenvalue weighted by Gasteiger charge is -2.24. The van der Waals surface area contributed by atoms with Crippen LogP contribution in [0.4, 0.5) is 11.4 Å². The lowest BCUT2D eigenvalue weighted by atomic mass is 10.1. The topological polar surface area (TPSA) is 79.6 Å². The SMILES string of the molecule is CS(=O)(=O)N(Cc1ccc(C(=O)Nc2ccc3c(c2)oc2ccccc23)cc1)c1cccc(Cl)c1Cl. The molecule has 0 bridgehead atoms. The number of rotatable bonds is 6. The number of furan rings is 1. The monoisotopic (exact) mass is 538 g/mol. The maximum atomic E-state index is 12.8. The summed E-state index contributed by atoms with van der Waals surface area (Å²) < 4.78 is 32.0. The van der Waals surface area contributed by atoms with Crippen molar-refractivity contribution in [1.82, 2.24) is 0 Å². The summed E-state index contributed by atoms with van der Waals surface area (Å²) in [6.07, 6.45) is 1.10. The van der Waals surface area contributed by atoms with Crippen LogP contribution in [0.25, 0.3) is 21.9 Å². The molecule has 1 amide bonds. The second kappa shape index (κ2) is 9.50. The molecule has 0 fully saturated rings. The van der Waals surface area contributed by atoms with Gasteiger partial charge in [0.2, 0.25) is 10.0 Å². The average Bonchev–Trinajstić information content (AvgIpc) is 3.22. The largest absolute Gasteiger partial charge is 0.456 e. The van der Waals surface area contributed by atoms with Crippen molar-refractivity contribution in [3.8, 4) is 0 Å². The minimum atomic E-state index is -3.65. The van der Waals surface area contributed by atoms with Gasteiger partial charge in [-0.15, -0.1) is 0 Å². The first-order chi connectivity index (χ1) is 17.2. The Hall–Kier alpha value is -3.52. The van der Waals surface area contributed by atoms with Crippen molar-refractivity contribution in [2.75, 3.05) is 15.9 Å². The number of halogens is 2. The second-order valence-corrected chi connectivity index (χ2v) is 11.0. The molecule has 0 saturated heterocycles. The summed E-state index contributed by atoms with van der Waals surface area (Å²) in [7, 11) is -3.65. The van der Waals surface area contributed by atoms with Gasteiger partial charge in [-0.05, 0) is 48.0 Å². The highest BCUT2D eigenvalue weighted by Crippen LogP contribution is 2.35. The molecule has 0 saturated carbocycles. The van der Waals surface area contributed by atoms with E-state index in [4.69, 9.17) is 27.6 Å². The van der Waals surface area contributed by atoms with E-state index in [1.807, 2.05) is 36.4 Å². The molecule has 0 aliphatic rings. The lowest BCUT2D eigenvalue weighted by Crippen LogP contribution is -2.29. The highest BCUT2D eigenvalue weighted by atomic mass is 35.5. The van der Waals surface area contributed by atoms with E-state index in [-0.39, 0.29) is 28.2 Å². The van der Waals surface area contributed by atoms with E-state index in [0.29, 0.717) is 22.4 Å². The fourth-order valence-corrected chi connectivity index (χ4v) is 5.34. The third-order valence-corrected chi connectivity index (χ3v) is 7.71. The molecule has 0 atom stereocenters. The average molecular weight is 539 g/mol. The Morgan fingerprint density at radius 3 is 2.36 bits per heavy atom. The van der Waals surface area contributed by atoms with Crippen LogP contribution in [0.5, 0.6) is 0 Å². The first-order valence-corrected chi connectivity index (χ1v) is 13.5. The van der Waals surface area contributed by atoms with Gasteiger partial charge in [-0.3, -0.25) is 9.10 Å². The zero-order chi connectivity index (χ0) is 25.4. The summed E-state index contributed by atoms with van der Waals surface area (Å²) in [6, 6.07) is 24.8. The third kappa shape index (κ3) is 4.78. The van der Waals surface area contributed by atoms with Crippen LogP contribution < -0.4 is 9.62 Å². The van der Waals surface area contributed by atoms with Crippen molar-refractivity contribution >= 4 is 72.4 Å². The van der Waals surface area contributed by atoms with Crippen molar-refractivity contribution in [3.05, 3.63) is 106 Å². The molecule has 0 aliphatic carbocycles. The number of hydrogen-bond donors (Lipinski definition) is 1. The van der Waals surface area contributed by atoms with Crippen LogP contribution in [0.3, 0.4) is 0 Å². The Kier molecular flexibility index (Phi) is 6.38. The van der Waals surface area contributed by atoms with Crippen LogP contribution in [0.2, 0.25) is 10.0 Å². The normalized spacial score (nSPS) is 11.6. The summed E-state index contributed by atoms with van der Waals surface area (Å²) in [5.41, 5.74) is 3.47. The number of para-hydroxylation sites is 1. The smallest absolute Gasteiger partial charge is 0.255 e. The molecule has 0 radical (unpaired) electrons. The third-order valence-electron chi connectivity index (χ3n) is 5.78. The summed E-state index contributed by atoms with van der Waals surface area (Å²) in [5, 5.41) is 5.29. The molecule has 9 heteroatoms. The molecule has 4 aromatic carbocycles. The lowest BCUT2D eigenvalue weighted by molar-refractivity contribution is 0.102. The van der Waals surface area contributed by atoms with Crippen LogP contribution in [0.1, 0.15) is 15.9 Å². The number of amides is 1. The van der Waals surface area contributed by atoms with E-state index >= 15 is 0 Å². The highest BCUT2D eigenvalue weighted by molar-refractivity contribution is 7.92. The Labute approximate surface area is 218 Å². The molecular weight excluding hydrogens is 519 g/mol. The number of nitrogens with zero attached hydrogens (tertiary/aromatic N) is 1. The van der Waals surface area contributed by atoms with Gasteiger partial charge >= 0.3 is 0 Å². The van der Waals surface area contributed by atoms with E-state index < -0.39 is 10.0 Å². The number of fused-ring (bicyclic) bond motifs is 3. The summed E-state index contributed by atoms with van der Waals surface area (Å²) in [6.45, 7) is 0.0313.